The maximum atomic E-state index is 13.3. The van der Waals surface area contributed by atoms with Crippen molar-refractivity contribution in [3.63, 3.8) is 0 Å². The SMILES string of the molecule is CC1CC(C)(C)CC2(C1)NC(=O)N(CC(=O)N1CCCc3ccccc31)C2=O. The van der Waals surface area contributed by atoms with Gasteiger partial charge in [0.1, 0.15) is 12.1 Å². The molecule has 1 spiro atoms. The zero-order valence-corrected chi connectivity index (χ0v) is 17.0. The third kappa shape index (κ3) is 3.19. The van der Waals surface area contributed by atoms with Gasteiger partial charge >= 0.3 is 6.03 Å². The number of aryl methyl sites for hydroxylation is 1. The lowest BCUT2D eigenvalue weighted by Crippen LogP contribution is -2.54. The Kier molecular flexibility index (Phi) is 4.47. The molecular formula is C22H29N3O3. The van der Waals surface area contributed by atoms with Crippen molar-refractivity contribution in [3.8, 4) is 0 Å². The summed E-state index contributed by atoms with van der Waals surface area (Å²) in [6.45, 7) is 6.83. The number of hydrogen-bond acceptors (Lipinski definition) is 3. The Labute approximate surface area is 166 Å². The molecule has 2 aliphatic heterocycles. The molecule has 4 amide bonds. The van der Waals surface area contributed by atoms with Gasteiger partial charge in [-0.05, 0) is 55.1 Å². The van der Waals surface area contributed by atoms with Crippen molar-refractivity contribution in [3.05, 3.63) is 29.8 Å². The number of carbonyl (C=O) groups is 3. The van der Waals surface area contributed by atoms with Crippen LogP contribution < -0.4 is 10.2 Å². The lowest BCUT2D eigenvalue weighted by atomic mass is 9.64. The van der Waals surface area contributed by atoms with Gasteiger partial charge in [-0.25, -0.2) is 4.79 Å². The van der Waals surface area contributed by atoms with Crippen LogP contribution in [0, 0.1) is 11.3 Å². The van der Waals surface area contributed by atoms with Crippen molar-refractivity contribution < 1.29 is 14.4 Å². The predicted molar refractivity (Wildman–Crippen MR) is 107 cm³/mol. The third-order valence-electron chi connectivity index (χ3n) is 6.33. The molecule has 4 rings (SSSR count). The summed E-state index contributed by atoms with van der Waals surface area (Å²) in [6.07, 6.45) is 4.11. The molecule has 1 saturated heterocycles. The molecule has 6 heteroatoms. The molecule has 1 aromatic rings. The van der Waals surface area contributed by atoms with Gasteiger partial charge in [0.25, 0.3) is 5.91 Å². The molecule has 1 aromatic carbocycles. The van der Waals surface area contributed by atoms with E-state index in [1.165, 1.54) is 0 Å². The molecule has 0 bridgehead atoms. The highest BCUT2D eigenvalue weighted by atomic mass is 16.2. The van der Waals surface area contributed by atoms with Crippen LogP contribution in [0.5, 0.6) is 0 Å². The van der Waals surface area contributed by atoms with Crippen molar-refractivity contribution in [1.82, 2.24) is 10.2 Å². The van der Waals surface area contributed by atoms with Gasteiger partial charge in [-0.3, -0.25) is 14.5 Å². The lowest BCUT2D eigenvalue weighted by molar-refractivity contribution is -0.137. The maximum Gasteiger partial charge on any atom is 0.325 e. The largest absolute Gasteiger partial charge is 0.325 e. The summed E-state index contributed by atoms with van der Waals surface area (Å²) in [5.74, 6) is -0.0933. The lowest BCUT2D eigenvalue weighted by Gasteiger charge is -2.43. The third-order valence-corrected chi connectivity index (χ3v) is 6.33. The first kappa shape index (κ1) is 19.0. The van der Waals surface area contributed by atoms with E-state index >= 15 is 0 Å². The Bertz CT molecular complexity index is 834. The molecule has 2 unspecified atom stereocenters. The quantitative estimate of drug-likeness (QED) is 0.798. The number of amides is 4. The number of imide groups is 1. The molecule has 2 fully saturated rings. The number of benzene rings is 1. The van der Waals surface area contributed by atoms with Gasteiger partial charge in [-0.2, -0.15) is 0 Å². The monoisotopic (exact) mass is 383 g/mol. The van der Waals surface area contributed by atoms with Gasteiger partial charge in [0, 0.05) is 12.2 Å². The number of carbonyl (C=O) groups excluding carboxylic acids is 3. The zero-order chi connectivity index (χ0) is 20.1. The Morgan fingerprint density at radius 3 is 2.71 bits per heavy atom. The predicted octanol–water partition coefficient (Wildman–Crippen LogP) is 3.10. The number of para-hydroxylation sites is 1. The van der Waals surface area contributed by atoms with Gasteiger partial charge in [-0.15, -0.1) is 0 Å². The highest BCUT2D eigenvalue weighted by molar-refractivity contribution is 6.10. The topological polar surface area (TPSA) is 69.7 Å². The summed E-state index contributed by atoms with van der Waals surface area (Å²) >= 11 is 0. The minimum atomic E-state index is -0.863. The van der Waals surface area contributed by atoms with E-state index in [2.05, 4.69) is 26.1 Å². The average Bonchev–Trinajstić information content (AvgIpc) is 2.82. The van der Waals surface area contributed by atoms with E-state index < -0.39 is 11.6 Å². The van der Waals surface area contributed by atoms with Crippen molar-refractivity contribution >= 4 is 23.5 Å². The van der Waals surface area contributed by atoms with Crippen LogP contribution in [0.2, 0.25) is 0 Å². The molecule has 6 nitrogen and oxygen atoms in total. The number of nitrogens with one attached hydrogen (secondary N) is 1. The number of rotatable bonds is 2. The second-order valence-corrected chi connectivity index (χ2v) is 9.54. The molecule has 28 heavy (non-hydrogen) atoms. The van der Waals surface area contributed by atoms with Gasteiger partial charge < -0.3 is 10.2 Å². The van der Waals surface area contributed by atoms with E-state index in [1.807, 2.05) is 24.3 Å². The second-order valence-electron chi connectivity index (χ2n) is 9.54. The molecular weight excluding hydrogens is 354 g/mol. The average molecular weight is 383 g/mol. The van der Waals surface area contributed by atoms with Crippen LogP contribution in [0.25, 0.3) is 0 Å². The van der Waals surface area contributed by atoms with Gasteiger partial charge in [0.2, 0.25) is 5.91 Å². The second kappa shape index (κ2) is 6.61. The van der Waals surface area contributed by atoms with Gasteiger partial charge in [0.05, 0.1) is 0 Å². The molecule has 1 aliphatic carbocycles. The first-order valence-corrected chi connectivity index (χ1v) is 10.2. The summed E-state index contributed by atoms with van der Waals surface area (Å²) in [6, 6.07) is 7.42. The fourth-order valence-corrected chi connectivity index (χ4v) is 5.66. The van der Waals surface area contributed by atoms with E-state index in [0.29, 0.717) is 25.3 Å². The van der Waals surface area contributed by atoms with E-state index in [0.717, 1.165) is 35.4 Å². The van der Waals surface area contributed by atoms with E-state index in [-0.39, 0.29) is 23.8 Å². The number of anilines is 1. The molecule has 1 N–H and O–H groups in total. The van der Waals surface area contributed by atoms with Crippen molar-refractivity contribution in [2.24, 2.45) is 11.3 Å². The van der Waals surface area contributed by atoms with E-state index in [1.54, 1.807) is 4.90 Å². The van der Waals surface area contributed by atoms with Crippen molar-refractivity contribution in [1.29, 1.82) is 0 Å². The van der Waals surface area contributed by atoms with Crippen LogP contribution in [-0.4, -0.2) is 41.4 Å². The van der Waals surface area contributed by atoms with Crippen LogP contribution in [0.15, 0.2) is 24.3 Å². The van der Waals surface area contributed by atoms with E-state index in [9.17, 15) is 14.4 Å². The number of fused-ring (bicyclic) bond motifs is 1. The van der Waals surface area contributed by atoms with E-state index in [4.69, 9.17) is 0 Å². The van der Waals surface area contributed by atoms with Gasteiger partial charge in [0.15, 0.2) is 0 Å². The van der Waals surface area contributed by atoms with Crippen LogP contribution in [0.3, 0.4) is 0 Å². The Balaban J connectivity index is 1.54. The first-order chi connectivity index (χ1) is 13.2. The molecule has 2 heterocycles. The minimum absolute atomic E-state index is 0.0214. The molecule has 150 valence electrons. The van der Waals surface area contributed by atoms with Crippen molar-refractivity contribution in [2.75, 3.05) is 18.0 Å². The smallest absolute Gasteiger partial charge is 0.323 e. The summed E-state index contributed by atoms with van der Waals surface area (Å²) in [5.41, 5.74) is 1.15. The zero-order valence-electron chi connectivity index (χ0n) is 17.0. The molecule has 1 saturated carbocycles. The molecule has 2 atom stereocenters. The molecule has 3 aliphatic rings. The maximum absolute atomic E-state index is 13.3. The minimum Gasteiger partial charge on any atom is -0.323 e. The van der Waals surface area contributed by atoms with Crippen LogP contribution in [0.1, 0.15) is 52.0 Å². The Hall–Kier alpha value is -2.37. The summed E-state index contributed by atoms with van der Waals surface area (Å²) in [7, 11) is 0. The Morgan fingerprint density at radius 2 is 1.96 bits per heavy atom. The van der Waals surface area contributed by atoms with Crippen LogP contribution in [0.4, 0.5) is 10.5 Å². The Morgan fingerprint density at radius 1 is 1.21 bits per heavy atom. The number of hydrogen-bond donors (Lipinski definition) is 1. The highest BCUT2D eigenvalue weighted by Gasteiger charge is 2.56. The van der Waals surface area contributed by atoms with Crippen LogP contribution >= 0.6 is 0 Å². The van der Waals surface area contributed by atoms with Crippen LogP contribution in [-0.2, 0) is 16.0 Å². The summed E-state index contributed by atoms with van der Waals surface area (Å²) < 4.78 is 0. The standard InChI is InChI=1S/C22H29N3O3/c1-15-11-21(2,3)14-22(12-15)19(27)25(20(28)23-22)13-18(26)24-10-6-8-16-7-4-5-9-17(16)24/h4-5,7,9,15H,6,8,10-14H2,1-3H3,(H,23,28). The highest BCUT2D eigenvalue weighted by Crippen LogP contribution is 2.46. The number of nitrogens with zero attached hydrogens (tertiary/aromatic N) is 2. The fourth-order valence-electron chi connectivity index (χ4n) is 5.66. The van der Waals surface area contributed by atoms with Crippen molar-refractivity contribution in [2.45, 2.75) is 58.4 Å². The molecule has 0 radical (unpaired) electrons. The van der Waals surface area contributed by atoms with Gasteiger partial charge in [-0.1, -0.05) is 39.0 Å². The molecule has 0 aromatic heterocycles. The summed E-state index contributed by atoms with van der Waals surface area (Å²) in [4.78, 5) is 41.8. The fraction of sp³-hybridized carbons (Fsp3) is 0.591. The normalized spacial score (nSPS) is 29.0. The summed E-state index contributed by atoms with van der Waals surface area (Å²) in [5, 5.41) is 2.95. The first-order valence-electron chi connectivity index (χ1n) is 10.2. The number of urea groups is 1.